The van der Waals surface area contributed by atoms with E-state index in [-0.39, 0.29) is 0 Å². The highest BCUT2D eigenvalue weighted by Crippen LogP contribution is 2.36. The lowest BCUT2D eigenvalue weighted by atomic mass is 9.89. The Morgan fingerprint density at radius 2 is 1.70 bits per heavy atom. The average molecular weight is 428 g/mol. The van der Waals surface area contributed by atoms with Crippen molar-refractivity contribution < 1.29 is 4.42 Å². The van der Waals surface area contributed by atoms with Gasteiger partial charge in [0.15, 0.2) is 0 Å². The summed E-state index contributed by atoms with van der Waals surface area (Å²) < 4.78 is 5.97. The quantitative estimate of drug-likeness (QED) is 0.336. The number of benzene rings is 3. The molecule has 0 radical (unpaired) electrons. The van der Waals surface area contributed by atoms with E-state index in [4.69, 9.17) is 9.40 Å². The zero-order chi connectivity index (χ0) is 21.8. The first-order valence-corrected chi connectivity index (χ1v) is 11.2. The fourth-order valence-electron chi connectivity index (χ4n) is 4.74. The fraction of sp³-hybridized carbons (Fsp3) is 0.107. The minimum atomic E-state index is 0.492. The van der Waals surface area contributed by atoms with Gasteiger partial charge < -0.3 is 9.32 Å². The monoisotopic (exact) mass is 428 g/mol. The Morgan fingerprint density at radius 3 is 2.64 bits per heavy atom. The topological polar surface area (TPSA) is 55.1 Å². The van der Waals surface area contributed by atoms with E-state index < -0.39 is 0 Å². The molecule has 1 saturated heterocycles. The summed E-state index contributed by atoms with van der Waals surface area (Å²) >= 11 is 0. The number of furan rings is 1. The maximum atomic E-state index is 5.97. The number of rotatable bonds is 3. The van der Waals surface area contributed by atoms with Crippen molar-refractivity contribution in [2.45, 2.75) is 5.92 Å². The van der Waals surface area contributed by atoms with Gasteiger partial charge in [-0.05, 0) is 48.0 Å². The number of anilines is 1. The molecule has 1 aliphatic heterocycles. The Labute approximate surface area is 190 Å². The van der Waals surface area contributed by atoms with Crippen molar-refractivity contribution in [2.75, 3.05) is 18.0 Å². The number of hydrogen-bond donors (Lipinski definition) is 0. The molecule has 0 bridgehead atoms. The van der Waals surface area contributed by atoms with Crippen LogP contribution in [0.15, 0.2) is 95.7 Å². The van der Waals surface area contributed by atoms with Crippen molar-refractivity contribution in [1.29, 1.82) is 0 Å². The molecule has 33 heavy (non-hydrogen) atoms. The van der Waals surface area contributed by atoms with Gasteiger partial charge in [-0.2, -0.15) is 0 Å². The van der Waals surface area contributed by atoms with Crippen molar-refractivity contribution in [3.63, 3.8) is 0 Å². The van der Waals surface area contributed by atoms with Gasteiger partial charge in [0.2, 0.25) is 5.71 Å². The minimum Gasteiger partial charge on any atom is -0.438 e. The van der Waals surface area contributed by atoms with Crippen LogP contribution < -0.4 is 4.90 Å². The molecule has 0 unspecified atom stereocenters. The maximum absolute atomic E-state index is 5.97. The van der Waals surface area contributed by atoms with E-state index in [0.717, 1.165) is 51.7 Å². The van der Waals surface area contributed by atoms with Gasteiger partial charge in [0, 0.05) is 53.3 Å². The lowest BCUT2D eigenvalue weighted by Crippen LogP contribution is -2.45. The Hall–Kier alpha value is -4.25. The molecule has 0 N–H and O–H groups in total. The third-order valence-corrected chi connectivity index (χ3v) is 6.58. The normalized spacial score (nSPS) is 14.2. The van der Waals surface area contributed by atoms with Crippen molar-refractivity contribution in [3.8, 4) is 11.3 Å². The van der Waals surface area contributed by atoms with Crippen molar-refractivity contribution in [3.05, 3.63) is 96.8 Å². The number of pyridine rings is 1. The predicted octanol–water partition coefficient (Wildman–Crippen LogP) is 6.20. The molecule has 0 amide bonds. The summed E-state index contributed by atoms with van der Waals surface area (Å²) in [6.45, 7) is 1.97. The first kappa shape index (κ1) is 18.3. The lowest BCUT2D eigenvalue weighted by Gasteiger charge is -2.41. The smallest absolute Gasteiger partial charge is 0.227 e. The highest BCUT2D eigenvalue weighted by molar-refractivity contribution is 6.04. The summed E-state index contributed by atoms with van der Waals surface area (Å²) in [6, 6.07) is 27.2. The van der Waals surface area contributed by atoms with Crippen LogP contribution in [-0.2, 0) is 0 Å². The Balaban J connectivity index is 1.13. The Bertz CT molecular complexity index is 1650. The summed E-state index contributed by atoms with van der Waals surface area (Å²) in [5.74, 6) is 0.492. The van der Waals surface area contributed by atoms with E-state index in [2.05, 4.69) is 63.4 Å². The van der Waals surface area contributed by atoms with E-state index >= 15 is 0 Å². The van der Waals surface area contributed by atoms with Crippen LogP contribution in [0.3, 0.4) is 0 Å². The summed E-state index contributed by atoms with van der Waals surface area (Å²) in [4.78, 5) is 16.1. The number of aromatic nitrogens is 3. The molecule has 1 aliphatic rings. The molecule has 3 aromatic heterocycles. The van der Waals surface area contributed by atoms with Crippen LogP contribution in [0.2, 0.25) is 0 Å². The standard InChI is InChI=1S/C28H20N4O/c1-2-9-25-24(8-1)30-15-26(31-25)19-6-3-5-18(13-19)20-16-32(17-20)21-10-11-22-23-7-4-12-29-28(23)33-27(22)14-21/h1-15,20H,16-17H2. The van der Waals surface area contributed by atoms with Crippen LogP contribution in [0.1, 0.15) is 11.5 Å². The van der Waals surface area contributed by atoms with E-state index in [0.29, 0.717) is 11.6 Å². The second-order valence-electron chi connectivity index (χ2n) is 8.61. The third-order valence-electron chi connectivity index (χ3n) is 6.58. The molecule has 6 aromatic rings. The third kappa shape index (κ3) is 3.04. The maximum Gasteiger partial charge on any atom is 0.227 e. The van der Waals surface area contributed by atoms with Crippen LogP contribution in [-0.4, -0.2) is 28.0 Å². The SMILES string of the molecule is c1cc(-c2cnc3ccccc3n2)cc(C2CN(c3ccc4c(c3)oc3ncccc34)C2)c1. The van der Waals surface area contributed by atoms with Gasteiger partial charge in [0.1, 0.15) is 5.58 Å². The molecule has 7 rings (SSSR count). The molecular formula is C28H20N4O. The highest BCUT2D eigenvalue weighted by atomic mass is 16.3. The molecule has 4 heterocycles. The number of nitrogens with zero attached hydrogens (tertiary/aromatic N) is 4. The van der Waals surface area contributed by atoms with Crippen LogP contribution in [0.5, 0.6) is 0 Å². The lowest BCUT2D eigenvalue weighted by molar-refractivity contribution is 0.525. The summed E-state index contributed by atoms with van der Waals surface area (Å²) in [5.41, 5.74) is 7.98. The first-order chi connectivity index (χ1) is 16.3. The van der Waals surface area contributed by atoms with Gasteiger partial charge in [0.25, 0.3) is 0 Å². The number of hydrogen-bond acceptors (Lipinski definition) is 5. The summed E-state index contributed by atoms with van der Waals surface area (Å²) in [6.07, 6.45) is 3.63. The van der Waals surface area contributed by atoms with Gasteiger partial charge in [-0.25, -0.2) is 9.97 Å². The van der Waals surface area contributed by atoms with E-state index in [9.17, 15) is 0 Å². The Morgan fingerprint density at radius 1 is 0.788 bits per heavy atom. The van der Waals surface area contributed by atoms with Crippen LogP contribution in [0.4, 0.5) is 5.69 Å². The molecule has 5 nitrogen and oxygen atoms in total. The molecule has 0 atom stereocenters. The summed E-state index contributed by atoms with van der Waals surface area (Å²) in [5, 5.41) is 2.18. The van der Waals surface area contributed by atoms with Crippen molar-refractivity contribution in [1.82, 2.24) is 15.0 Å². The van der Waals surface area contributed by atoms with Gasteiger partial charge in [-0.1, -0.05) is 30.3 Å². The average Bonchev–Trinajstić information content (AvgIpc) is 3.21. The number of fused-ring (bicyclic) bond motifs is 4. The molecule has 3 aromatic carbocycles. The number of para-hydroxylation sites is 2. The second kappa shape index (κ2) is 7.14. The zero-order valence-electron chi connectivity index (χ0n) is 17.8. The largest absolute Gasteiger partial charge is 0.438 e. The van der Waals surface area contributed by atoms with Gasteiger partial charge >= 0.3 is 0 Å². The molecule has 0 spiro atoms. The van der Waals surface area contributed by atoms with Crippen LogP contribution in [0, 0.1) is 0 Å². The predicted molar refractivity (Wildman–Crippen MR) is 131 cm³/mol. The van der Waals surface area contributed by atoms with E-state index in [1.165, 1.54) is 11.3 Å². The molecule has 0 saturated carbocycles. The van der Waals surface area contributed by atoms with Gasteiger partial charge in [-0.3, -0.25) is 4.98 Å². The van der Waals surface area contributed by atoms with Gasteiger partial charge in [0.05, 0.1) is 22.9 Å². The minimum absolute atomic E-state index is 0.492. The molecule has 0 aliphatic carbocycles. The Kier molecular flexibility index (Phi) is 3.96. The molecule has 1 fully saturated rings. The van der Waals surface area contributed by atoms with Gasteiger partial charge in [-0.15, -0.1) is 0 Å². The van der Waals surface area contributed by atoms with E-state index in [1.54, 1.807) is 6.20 Å². The molecule has 5 heteroatoms. The van der Waals surface area contributed by atoms with Crippen molar-refractivity contribution >= 4 is 38.8 Å². The van der Waals surface area contributed by atoms with Crippen LogP contribution in [0.25, 0.3) is 44.4 Å². The van der Waals surface area contributed by atoms with Crippen molar-refractivity contribution in [2.24, 2.45) is 0 Å². The fourth-order valence-corrected chi connectivity index (χ4v) is 4.74. The van der Waals surface area contributed by atoms with Crippen LogP contribution >= 0.6 is 0 Å². The highest BCUT2D eigenvalue weighted by Gasteiger charge is 2.29. The molecule has 158 valence electrons. The zero-order valence-corrected chi connectivity index (χ0v) is 17.8. The molecular weight excluding hydrogens is 408 g/mol. The first-order valence-electron chi connectivity index (χ1n) is 11.2. The van der Waals surface area contributed by atoms with E-state index in [1.807, 2.05) is 36.5 Å². The summed E-state index contributed by atoms with van der Waals surface area (Å²) in [7, 11) is 0. The second-order valence-corrected chi connectivity index (χ2v) is 8.61.